The van der Waals surface area contributed by atoms with Gasteiger partial charge in [-0.3, -0.25) is 4.90 Å². The SMILES string of the molecule is Cl.FC(F)Oc1ccc(C2CN(CC3CCCNC3)CCO2)cc1. The summed E-state index contributed by atoms with van der Waals surface area (Å²) in [4.78, 5) is 2.45. The molecule has 0 saturated carbocycles. The molecule has 0 spiro atoms. The number of nitrogens with one attached hydrogen (secondary N) is 1. The first-order valence-corrected chi connectivity index (χ1v) is 8.30. The lowest BCUT2D eigenvalue weighted by Gasteiger charge is -2.36. The van der Waals surface area contributed by atoms with Crippen molar-refractivity contribution < 1.29 is 18.3 Å². The monoisotopic (exact) mass is 362 g/mol. The quantitative estimate of drug-likeness (QED) is 0.872. The number of rotatable bonds is 5. The number of morpholine rings is 1. The van der Waals surface area contributed by atoms with Crippen LogP contribution < -0.4 is 10.1 Å². The first-order valence-electron chi connectivity index (χ1n) is 8.30. The highest BCUT2D eigenvalue weighted by Gasteiger charge is 2.24. The molecule has 0 aromatic heterocycles. The molecule has 1 aromatic carbocycles. The molecule has 2 aliphatic rings. The van der Waals surface area contributed by atoms with Crippen molar-refractivity contribution in [3.8, 4) is 5.75 Å². The van der Waals surface area contributed by atoms with Gasteiger partial charge in [0.2, 0.25) is 0 Å². The van der Waals surface area contributed by atoms with E-state index < -0.39 is 6.61 Å². The standard InChI is InChI=1S/C17H24F2N2O2.ClH/c18-17(19)23-15-5-3-14(4-6-15)16-12-21(8-9-22-16)11-13-2-1-7-20-10-13;/h3-6,13,16-17,20H,1-2,7-12H2;1H. The van der Waals surface area contributed by atoms with Gasteiger partial charge in [0.25, 0.3) is 0 Å². The lowest BCUT2D eigenvalue weighted by Crippen LogP contribution is -2.44. The van der Waals surface area contributed by atoms with Crippen molar-refractivity contribution in [1.82, 2.24) is 10.2 Å². The summed E-state index contributed by atoms with van der Waals surface area (Å²) in [5.41, 5.74) is 1.01. The van der Waals surface area contributed by atoms with E-state index in [0.29, 0.717) is 12.5 Å². The van der Waals surface area contributed by atoms with Crippen LogP contribution in [0, 0.1) is 5.92 Å². The minimum atomic E-state index is -2.79. The molecule has 7 heteroatoms. The lowest BCUT2D eigenvalue weighted by molar-refractivity contribution is -0.0500. The van der Waals surface area contributed by atoms with Crippen LogP contribution in [0.15, 0.2) is 24.3 Å². The van der Waals surface area contributed by atoms with Gasteiger partial charge in [-0.2, -0.15) is 8.78 Å². The second-order valence-corrected chi connectivity index (χ2v) is 6.28. The minimum Gasteiger partial charge on any atom is -0.435 e. The zero-order chi connectivity index (χ0) is 16.1. The van der Waals surface area contributed by atoms with Gasteiger partial charge in [0, 0.05) is 19.6 Å². The Morgan fingerprint density at radius 1 is 1.29 bits per heavy atom. The van der Waals surface area contributed by atoms with Gasteiger partial charge < -0.3 is 14.8 Å². The van der Waals surface area contributed by atoms with Gasteiger partial charge in [-0.1, -0.05) is 12.1 Å². The third-order valence-electron chi connectivity index (χ3n) is 4.54. The van der Waals surface area contributed by atoms with Crippen molar-refractivity contribution in [2.24, 2.45) is 5.92 Å². The molecule has 2 heterocycles. The van der Waals surface area contributed by atoms with Crippen LogP contribution in [0.3, 0.4) is 0 Å². The van der Waals surface area contributed by atoms with E-state index in [1.165, 1.54) is 12.8 Å². The summed E-state index contributed by atoms with van der Waals surface area (Å²) in [5, 5.41) is 3.46. The summed E-state index contributed by atoms with van der Waals surface area (Å²) in [6.07, 6.45) is 2.54. The molecule has 0 amide bonds. The molecule has 0 bridgehead atoms. The Morgan fingerprint density at radius 2 is 2.08 bits per heavy atom. The number of hydrogen-bond acceptors (Lipinski definition) is 4. The maximum Gasteiger partial charge on any atom is 0.387 e. The predicted octanol–water partition coefficient (Wildman–Crippen LogP) is 3.08. The predicted molar refractivity (Wildman–Crippen MR) is 91.0 cm³/mol. The van der Waals surface area contributed by atoms with Crippen molar-refractivity contribution in [1.29, 1.82) is 0 Å². The lowest BCUT2D eigenvalue weighted by atomic mass is 9.98. The van der Waals surface area contributed by atoms with Crippen LogP contribution >= 0.6 is 12.4 Å². The van der Waals surface area contributed by atoms with Crippen LogP contribution in [0.5, 0.6) is 5.75 Å². The minimum absolute atomic E-state index is 0. The molecule has 0 radical (unpaired) electrons. The maximum absolute atomic E-state index is 12.2. The number of alkyl halides is 2. The smallest absolute Gasteiger partial charge is 0.387 e. The van der Waals surface area contributed by atoms with E-state index in [0.717, 1.165) is 38.3 Å². The van der Waals surface area contributed by atoms with Crippen LogP contribution in [-0.4, -0.2) is 50.8 Å². The second kappa shape index (κ2) is 9.51. The first-order chi connectivity index (χ1) is 11.2. The van der Waals surface area contributed by atoms with Gasteiger partial charge in [-0.15, -0.1) is 12.4 Å². The number of nitrogens with zero attached hydrogens (tertiary/aromatic N) is 1. The highest BCUT2D eigenvalue weighted by Crippen LogP contribution is 2.26. The van der Waals surface area contributed by atoms with Crippen LogP contribution in [0.2, 0.25) is 0 Å². The molecule has 136 valence electrons. The Bertz CT molecular complexity index is 484. The highest BCUT2D eigenvalue weighted by molar-refractivity contribution is 5.85. The summed E-state index contributed by atoms with van der Waals surface area (Å²) in [7, 11) is 0. The molecule has 4 nitrogen and oxygen atoms in total. The first kappa shape index (κ1) is 19.4. The van der Waals surface area contributed by atoms with Crippen molar-refractivity contribution in [2.45, 2.75) is 25.6 Å². The van der Waals surface area contributed by atoms with E-state index in [2.05, 4.69) is 15.0 Å². The Hall–Kier alpha value is -0.950. The molecule has 3 rings (SSSR count). The average Bonchev–Trinajstić information content (AvgIpc) is 2.56. The largest absolute Gasteiger partial charge is 0.435 e. The van der Waals surface area contributed by atoms with E-state index in [4.69, 9.17) is 4.74 Å². The number of benzene rings is 1. The van der Waals surface area contributed by atoms with Crippen molar-refractivity contribution >= 4 is 12.4 Å². The van der Waals surface area contributed by atoms with Crippen molar-refractivity contribution in [3.63, 3.8) is 0 Å². The molecule has 24 heavy (non-hydrogen) atoms. The molecule has 2 atom stereocenters. The number of halogens is 3. The Balaban J connectivity index is 0.00000208. The summed E-state index contributed by atoms with van der Waals surface area (Å²) in [5.74, 6) is 0.897. The molecule has 2 aliphatic heterocycles. The zero-order valence-corrected chi connectivity index (χ0v) is 14.4. The molecule has 1 N–H and O–H groups in total. The molecule has 2 saturated heterocycles. The van der Waals surface area contributed by atoms with Gasteiger partial charge in [0.15, 0.2) is 0 Å². The Kier molecular flexibility index (Phi) is 7.68. The maximum atomic E-state index is 12.2. The van der Waals surface area contributed by atoms with Crippen molar-refractivity contribution in [3.05, 3.63) is 29.8 Å². The molecule has 2 fully saturated rings. The fourth-order valence-corrected chi connectivity index (χ4v) is 3.38. The second-order valence-electron chi connectivity index (χ2n) is 6.28. The van der Waals surface area contributed by atoms with E-state index in [1.54, 1.807) is 12.1 Å². The van der Waals surface area contributed by atoms with Gasteiger partial charge in [-0.05, 0) is 49.5 Å². The summed E-state index contributed by atoms with van der Waals surface area (Å²) < 4.78 is 34.6. The number of piperidine rings is 1. The molecular weight excluding hydrogens is 338 g/mol. The fourth-order valence-electron chi connectivity index (χ4n) is 3.38. The third-order valence-corrected chi connectivity index (χ3v) is 4.54. The zero-order valence-electron chi connectivity index (χ0n) is 13.6. The summed E-state index contributed by atoms with van der Waals surface area (Å²) in [6, 6.07) is 6.78. The molecule has 2 unspecified atom stereocenters. The van der Waals surface area contributed by atoms with Gasteiger partial charge in [0.1, 0.15) is 5.75 Å². The Labute approximate surface area is 147 Å². The van der Waals surface area contributed by atoms with Gasteiger partial charge in [0.05, 0.1) is 12.7 Å². The number of hydrogen-bond donors (Lipinski definition) is 1. The van der Waals surface area contributed by atoms with Crippen LogP contribution in [0.4, 0.5) is 8.78 Å². The normalized spacial score (nSPS) is 25.3. The molecular formula is C17H25ClF2N2O2. The molecule has 0 aliphatic carbocycles. The van der Waals surface area contributed by atoms with E-state index in [9.17, 15) is 8.78 Å². The van der Waals surface area contributed by atoms with E-state index in [1.807, 2.05) is 12.1 Å². The van der Waals surface area contributed by atoms with Crippen LogP contribution in [0.25, 0.3) is 0 Å². The van der Waals surface area contributed by atoms with E-state index >= 15 is 0 Å². The van der Waals surface area contributed by atoms with Gasteiger partial charge in [-0.25, -0.2) is 0 Å². The highest BCUT2D eigenvalue weighted by atomic mass is 35.5. The average molecular weight is 363 g/mol. The Morgan fingerprint density at radius 3 is 2.75 bits per heavy atom. The summed E-state index contributed by atoms with van der Waals surface area (Å²) in [6.45, 7) is 3.06. The van der Waals surface area contributed by atoms with Crippen LogP contribution in [-0.2, 0) is 4.74 Å². The third kappa shape index (κ3) is 5.55. The number of ether oxygens (including phenoxy) is 2. The van der Waals surface area contributed by atoms with Crippen molar-refractivity contribution in [2.75, 3.05) is 39.3 Å². The molecule has 1 aromatic rings. The van der Waals surface area contributed by atoms with Gasteiger partial charge >= 0.3 is 6.61 Å². The van der Waals surface area contributed by atoms with E-state index in [-0.39, 0.29) is 24.3 Å². The topological polar surface area (TPSA) is 33.7 Å². The fraction of sp³-hybridized carbons (Fsp3) is 0.647. The summed E-state index contributed by atoms with van der Waals surface area (Å²) >= 11 is 0. The van der Waals surface area contributed by atoms with Crippen LogP contribution in [0.1, 0.15) is 24.5 Å².